The van der Waals surface area contributed by atoms with Crippen LogP contribution in [0, 0.1) is 17.8 Å². The minimum absolute atomic E-state index is 0.145. The Morgan fingerprint density at radius 3 is 2.74 bits per heavy atom. The number of anilines is 1. The Hall–Kier alpha value is -2.59. The number of sulfonamides is 1. The molecule has 1 amide bonds. The lowest BCUT2D eigenvalue weighted by atomic mass is 9.68. The fourth-order valence-electron chi connectivity index (χ4n) is 7.31. The van der Waals surface area contributed by atoms with Gasteiger partial charge in [-0.15, -0.1) is 0 Å². The summed E-state index contributed by atoms with van der Waals surface area (Å²) in [7, 11) is -3.99. The van der Waals surface area contributed by atoms with Gasteiger partial charge in [-0.1, -0.05) is 29.8 Å². The summed E-state index contributed by atoms with van der Waals surface area (Å²) in [5.74, 6) is -0.571. The molecule has 1 spiro atoms. The number of amides is 1. The summed E-state index contributed by atoms with van der Waals surface area (Å²) in [6.45, 7) is 1.53. The minimum Gasteiger partial charge on any atom is -0.490 e. The van der Waals surface area contributed by atoms with E-state index in [1.807, 2.05) is 18.2 Å². The van der Waals surface area contributed by atoms with Crippen molar-refractivity contribution in [2.45, 2.75) is 56.5 Å². The highest BCUT2D eigenvalue weighted by Crippen LogP contribution is 2.46. The standard InChI is InChI=1S/C32H39ClN2O6S/c33-25-9-11-27-22(14-25)5-3-13-32(27)19-35-16-24-7-10-26(24)29(37)6-2-1-4-21(17-36)18-42(39,40)34-31(38)23-8-12-30(41-20-32)28(35)15-23/h1-2,8-9,11-12,14-15,21,24,26,29,36-37H,3-7,10,13,16-20H2,(H,34,38)/b2-1-/t21?,24-,26+,29-,32-/m0/s1. The molecular weight excluding hydrogens is 576 g/mol. The monoisotopic (exact) mass is 614 g/mol. The molecule has 2 aromatic carbocycles. The van der Waals surface area contributed by atoms with Crippen molar-refractivity contribution >= 4 is 33.2 Å². The van der Waals surface area contributed by atoms with Crippen molar-refractivity contribution in [1.29, 1.82) is 0 Å². The third-order valence-electron chi connectivity index (χ3n) is 9.70. The first-order valence-electron chi connectivity index (χ1n) is 15.0. The van der Waals surface area contributed by atoms with Crippen molar-refractivity contribution in [2.75, 3.05) is 37.0 Å². The van der Waals surface area contributed by atoms with Gasteiger partial charge in [0.05, 0.1) is 24.2 Å². The molecule has 4 aliphatic rings. The fraction of sp³-hybridized carbons (Fsp3) is 0.531. The molecule has 0 aromatic heterocycles. The summed E-state index contributed by atoms with van der Waals surface area (Å²) in [6.07, 6.45) is 8.89. The maximum atomic E-state index is 13.2. The van der Waals surface area contributed by atoms with Crippen LogP contribution in [0.15, 0.2) is 48.6 Å². The van der Waals surface area contributed by atoms with Crippen molar-refractivity contribution < 1.29 is 28.2 Å². The van der Waals surface area contributed by atoms with E-state index < -0.39 is 28.0 Å². The van der Waals surface area contributed by atoms with Gasteiger partial charge in [0.2, 0.25) is 10.0 Å². The largest absolute Gasteiger partial charge is 0.490 e. The number of benzene rings is 2. The molecule has 2 aromatic rings. The minimum atomic E-state index is -3.99. The van der Waals surface area contributed by atoms with Gasteiger partial charge in [-0.2, -0.15) is 0 Å². The van der Waals surface area contributed by atoms with Crippen molar-refractivity contribution in [3.05, 3.63) is 70.3 Å². The number of halogens is 1. The van der Waals surface area contributed by atoms with Crippen molar-refractivity contribution in [3.8, 4) is 5.75 Å². The Morgan fingerprint density at radius 2 is 1.95 bits per heavy atom. The number of hydrogen-bond acceptors (Lipinski definition) is 7. The number of allylic oxidation sites excluding steroid dienone is 1. The first kappa shape index (κ1) is 29.5. The SMILES string of the molecule is O=C1NS(=O)(=O)CC(CO)C/C=C\C[C@H](O)[C@@H]2CC[C@H]2CN2C[C@@]3(CCCc4cc(Cl)ccc43)COc3ccc1cc32. The number of aliphatic hydroxyl groups excluding tert-OH is 2. The molecule has 2 aliphatic carbocycles. The maximum absolute atomic E-state index is 13.2. The van der Waals surface area contributed by atoms with Gasteiger partial charge >= 0.3 is 0 Å². The molecule has 0 radical (unpaired) electrons. The quantitative estimate of drug-likeness (QED) is 0.412. The summed E-state index contributed by atoms with van der Waals surface area (Å²) in [5.41, 5.74) is 3.20. The zero-order valence-corrected chi connectivity index (χ0v) is 25.2. The molecule has 1 saturated carbocycles. The summed E-state index contributed by atoms with van der Waals surface area (Å²) >= 11 is 6.38. The van der Waals surface area contributed by atoms with Crippen LogP contribution in [0.1, 0.15) is 60.0 Å². The van der Waals surface area contributed by atoms with Crippen LogP contribution in [0.2, 0.25) is 5.02 Å². The first-order valence-corrected chi connectivity index (χ1v) is 17.0. The van der Waals surface area contributed by atoms with E-state index >= 15 is 0 Å². The molecule has 8 nitrogen and oxygen atoms in total. The second-order valence-corrected chi connectivity index (χ2v) is 14.8. The zero-order valence-electron chi connectivity index (χ0n) is 23.7. The van der Waals surface area contributed by atoms with E-state index in [9.17, 15) is 23.4 Å². The van der Waals surface area contributed by atoms with Crippen LogP contribution in [0.3, 0.4) is 0 Å². The smallest absolute Gasteiger partial charge is 0.264 e. The average Bonchev–Trinajstić information content (AvgIpc) is 3.08. The molecule has 226 valence electrons. The van der Waals surface area contributed by atoms with Gasteiger partial charge in [-0.25, -0.2) is 13.1 Å². The van der Waals surface area contributed by atoms with E-state index in [0.29, 0.717) is 38.3 Å². The highest BCUT2D eigenvalue weighted by atomic mass is 35.5. The van der Waals surface area contributed by atoms with Gasteiger partial charge in [-0.05, 0) is 98.2 Å². The number of fused-ring (bicyclic) bond motifs is 4. The van der Waals surface area contributed by atoms with E-state index in [1.54, 1.807) is 18.2 Å². The number of carbonyl (C=O) groups excluding carboxylic acids is 1. The van der Waals surface area contributed by atoms with E-state index in [2.05, 4.69) is 21.8 Å². The molecule has 2 heterocycles. The Balaban J connectivity index is 1.40. The summed E-state index contributed by atoms with van der Waals surface area (Å²) < 4.78 is 34.5. The molecule has 3 N–H and O–H groups in total. The molecule has 0 saturated heterocycles. The lowest BCUT2D eigenvalue weighted by molar-refractivity contribution is 0.0177. The first-order chi connectivity index (χ1) is 20.2. The van der Waals surface area contributed by atoms with Gasteiger partial charge in [0.1, 0.15) is 5.75 Å². The van der Waals surface area contributed by atoms with Crippen LogP contribution < -0.4 is 14.4 Å². The second-order valence-electron chi connectivity index (χ2n) is 12.6. The number of nitrogens with one attached hydrogen (secondary N) is 1. The molecule has 42 heavy (non-hydrogen) atoms. The van der Waals surface area contributed by atoms with E-state index in [1.165, 1.54) is 11.1 Å². The third kappa shape index (κ3) is 5.94. The number of aryl methyl sites for hydroxylation is 1. The van der Waals surface area contributed by atoms with Crippen LogP contribution in [0.5, 0.6) is 5.75 Å². The van der Waals surface area contributed by atoms with Crippen molar-refractivity contribution in [2.24, 2.45) is 17.8 Å². The number of carbonyl (C=O) groups is 1. The lowest BCUT2D eigenvalue weighted by Gasteiger charge is -2.45. The maximum Gasteiger partial charge on any atom is 0.264 e. The summed E-state index contributed by atoms with van der Waals surface area (Å²) in [6, 6.07) is 11.2. The molecule has 2 bridgehead atoms. The molecule has 10 heteroatoms. The van der Waals surface area contributed by atoms with Crippen molar-refractivity contribution in [3.63, 3.8) is 0 Å². The second kappa shape index (κ2) is 11.8. The normalized spacial score (nSPS) is 31.8. The van der Waals surface area contributed by atoms with Gasteiger partial charge in [0.25, 0.3) is 5.91 Å². The Morgan fingerprint density at radius 1 is 1.12 bits per heavy atom. The highest BCUT2D eigenvalue weighted by Gasteiger charge is 2.44. The van der Waals surface area contributed by atoms with E-state index in [-0.39, 0.29) is 35.2 Å². The van der Waals surface area contributed by atoms with Crippen LogP contribution in [-0.4, -0.2) is 62.7 Å². The lowest BCUT2D eigenvalue weighted by Crippen LogP contribution is -2.49. The number of rotatable bonds is 1. The van der Waals surface area contributed by atoms with Crippen LogP contribution in [0.25, 0.3) is 0 Å². The molecule has 5 atom stereocenters. The van der Waals surface area contributed by atoms with Gasteiger partial charge in [-0.3, -0.25) is 4.79 Å². The van der Waals surface area contributed by atoms with Crippen LogP contribution in [-0.2, 0) is 21.9 Å². The topological polar surface area (TPSA) is 116 Å². The Bertz CT molecular complexity index is 1480. The zero-order chi connectivity index (χ0) is 29.5. The third-order valence-corrected chi connectivity index (χ3v) is 11.3. The van der Waals surface area contributed by atoms with Gasteiger partial charge < -0.3 is 19.8 Å². The molecule has 1 unspecified atom stereocenters. The van der Waals surface area contributed by atoms with Crippen molar-refractivity contribution in [1.82, 2.24) is 4.72 Å². The average molecular weight is 615 g/mol. The molecule has 6 rings (SSSR count). The molecule has 1 fully saturated rings. The predicted molar refractivity (Wildman–Crippen MR) is 163 cm³/mol. The van der Waals surface area contributed by atoms with Crippen LogP contribution in [0.4, 0.5) is 5.69 Å². The highest BCUT2D eigenvalue weighted by molar-refractivity contribution is 7.90. The summed E-state index contributed by atoms with van der Waals surface area (Å²) in [5, 5.41) is 21.6. The van der Waals surface area contributed by atoms with Gasteiger partial charge in [0.15, 0.2) is 0 Å². The number of hydrogen-bond donors (Lipinski definition) is 3. The number of ether oxygens (including phenoxy) is 1. The fourth-order valence-corrected chi connectivity index (χ4v) is 8.85. The van der Waals surface area contributed by atoms with Crippen LogP contribution >= 0.6 is 11.6 Å². The number of nitrogens with zero attached hydrogens (tertiary/aromatic N) is 1. The van der Waals surface area contributed by atoms with Gasteiger partial charge in [0, 0.05) is 41.6 Å². The Kier molecular flexibility index (Phi) is 8.30. The summed E-state index contributed by atoms with van der Waals surface area (Å²) in [4.78, 5) is 15.5. The number of aliphatic hydroxyl groups is 2. The molecular formula is C32H39ClN2O6S. The van der Waals surface area contributed by atoms with E-state index in [4.69, 9.17) is 16.3 Å². The molecule has 2 aliphatic heterocycles. The predicted octanol–water partition coefficient (Wildman–Crippen LogP) is 4.22. The van der Waals surface area contributed by atoms with E-state index in [0.717, 1.165) is 42.8 Å². The Labute approximate surface area is 252 Å².